The van der Waals surface area contributed by atoms with Gasteiger partial charge in [0.2, 0.25) is 0 Å². The highest BCUT2D eigenvalue weighted by Crippen LogP contribution is 2.41. The fourth-order valence-corrected chi connectivity index (χ4v) is 4.56. The van der Waals surface area contributed by atoms with E-state index < -0.39 is 0 Å². The summed E-state index contributed by atoms with van der Waals surface area (Å²) in [6.45, 7) is 5.25. The molecular formula is C29H27N9O. The number of aliphatic imine (C=N–C) groups is 1. The Labute approximate surface area is 225 Å². The molecule has 0 spiro atoms. The van der Waals surface area contributed by atoms with Crippen molar-refractivity contribution in [2.24, 2.45) is 4.99 Å². The maximum absolute atomic E-state index is 5.87. The van der Waals surface area contributed by atoms with Crippen molar-refractivity contribution in [3.05, 3.63) is 84.7 Å². The molecule has 0 radical (unpaired) electrons. The van der Waals surface area contributed by atoms with E-state index in [2.05, 4.69) is 47.1 Å². The summed E-state index contributed by atoms with van der Waals surface area (Å²) in [7, 11) is 4.03. The second-order valence-electron chi connectivity index (χ2n) is 9.42. The summed E-state index contributed by atoms with van der Waals surface area (Å²) >= 11 is 0. The van der Waals surface area contributed by atoms with Crippen LogP contribution >= 0.6 is 0 Å². The van der Waals surface area contributed by atoms with E-state index in [1.807, 2.05) is 56.6 Å². The molecule has 0 bridgehead atoms. The minimum atomic E-state index is -0.324. The first-order chi connectivity index (χ1) is 19.1. The molecule has 10 nitrogen and oxygen atoms in total. The number of aromatic nitrogens is 6. The minimum Gasteiger partial charge on any atom is -0.491 e. The second-order valence-corrected chi connectivity index (χ2v) is 9.42. The van der Waals surface area contributed by atoms with Gasteiger partial charge in [-0.3, -0.25) is 25.0 Å². The Hall–Kier alpha value is -4.96. The molecule has 1 aliphatic heterocycles. The van der Waals surface area contributed by atoms with E-state index in [4.69, 9.17) is 9.72 Å². The fourth-order valence-electron chi connectivity index (χ4n) is 4.56. The third kappa shape index (κ3) is 4.85. The van der Waals surface area contributed by atoms with Crippen molar-refractivity contribution < 1.29 is 4.74 Å². The van der Waals surface area contributed by atoms with Gasteiger partial charge in [0.15, 0.2) is 0 Å². The molecule has 39 heavy (non-hydrogen) atoms. The van der Waals surface area contributed by atoms with Crippen LogP contribution in [0.25, 0.3) is 39.2 Å². The molecule has 0 saturated heterocycles. The van der Waals surface area contributed by atoms with Gasteiger partial charge < -0.3 is 15.0 Å². The zero-order valence-corrected chi connectivity index (χ0v) is 21.7. The molecular weight excluding hydrogens is 490 g/mol. The number of nitrogens with one attached hydrogen (secondary N) is 2. The third-order valence-corrected chi connectivity index (χ3v) is 6.49. The van der Waals surface area contributed by atoms with E-state index in [1.165, 1.54) is 0 Å². The molecule has 194 valence electrons. The van der Waals surface area contributed by atoms with Gasteiger partial charge in [-0.1, -0.05) is 0 Å². The van der Waals surface area contributed by atoms with Crippen LogP contribution in [0.1, 0.15) is 17.3 Å². The topological polar surface area (TPSA) is 117 Å². The SMILES string of the molecule is C=NC1C=C(c2n[nH]c3ccc(-c4cncc(OCCN(C)C)c4)nc23)Nc2ccnc(-c3cccnc3)c21. The smallest absolute Gasteiger partial charge is 0.138 e. The molecule has 10 heteroatoms. The Morgan fingerprint density at radius 1 is 1.03 bits per heavy atom. The molecule has 6 rings (SSSR count). The number of pyridine rings is 4. The van der Waals surface area contributed by atoms with E-state index in [0.717, 1.165) is 57.0 Å². The van der Waals surface area contributed by atoms with Crippen LogP contribution < -0.4 is 10.1 Å². The quantitative estimate of drug-likeness (QED) is 0.286. The van der Waals surface area contributed by atoms with Crippen LogP contribution in [0.5, 0.6) is 5.75 Å². The molecule has 2 N–H and O–H groups in total. The number of anilines is 1. The van der Waals surface area contributed by atoms with Gasteiger partial charge in [-0.25, -0.2) is 4.98 Å². The van der Waals surface area contributed by atoms with E-state index in [1.54, 1.807) is 31.0 Å². The van der Waals surface area contributed by atoms with Crippen molar-refractivity contribution in [3.63, 3.8) is 0 Å². The van der Waals surface area contributed by atoms with Crippen LogP contribution in [0.4, 0.5) is 5.69 Å². The summed E-state index contributed by atoms with van der Waals surface area (Å²) in [6.07, 6.45) is 10.8. The largest absolute Gasteiger partial charge is 0.491 e. The lowest BCUT2D eigenvalue weighted by atomic mass is 9.95. The molecule has 0 saturated carbocycles. The van der Waals surface area contributed by atoms with Gasteiger partial charge in [-0.15, -0.1) is 0 Å². The molecule has 6 heterocycles. The predicted octanol–water partition coefficient (Wildman–Crippen LogP) is 4.63. The van der Waals surface area contributed by atoms with Gasteiger partial charge >= 0.3 is 0 Å². The number of hydrogen-bond acceptors (Lipinski definition) is 9. The average Bonchev–Trinajstić information content (AvgIpc) is 3.40. The van der Waals surface area contributed by atoms with Crippen LogP contribution in [0.15, 0.2) is 78.5 Å². The van der Waals surface area contributed by atoms with Gasteiger partial charge in [-0.2, -0.15) is 5.10 Å². The molecule has 1 unspecified atom stereocenters. The maximum atomic E-state index is 5.87. The van der Waals surface area contributed by atoms with Crippen LogP contribution in [-0.2, 0) is 0 Å². The Morgan fingerprint density at radius 2 is 1.92 bits per heavy atom. The molecule has 0 fully saturated rings. The van der Waals surface area contributed by atoms with E-state index in [-0.39, 0.29) is 6.04 Å². The number of H-pyrrole nitrogens is 1. The standard InChI is InChI=1S/C29H27N9O/c1-30-24-14-25(34-22-8-10-33-27(26(22)24)18-5-4-9-31-15-18)29-28-23(36-37-29)7-6-21(35-28)19-13-20(17-32-16-19)39-12-11-38(2)3/h4-10,13-17,24,34H,1,11-12H2,2-3H3,(H,36,37). The number of hydrogen-bond donors (Lipinski definition) is 2. The van der Waals surface area contributed by atoms with Crippen molar-refractivity contribution in [1.82, 2.24) is 35.0 Å². The Bertz CT molecular complexity index is 1680. The molecule has 1 aliphatic rings. The predicted molar refractivity (Wildman–Crippen MR) is 153 cm³/mol. The van der Waals surface area contributed by atoms with Crippen molar-refractivity contribution in [2.45, 2.75) is 6.04 Å². The molecule has 1 atom stereocenters. The number of fused-ring (bicyclic) bond motifs is 2. The third-order valence-electron chi connectivity index (χ3n) is 6.49. The molecule has 0 aromatic carbocycles. The van der Waals surface area contributed by atoms with Gasteiger partial charge in [0, 0.05) is 53.7 Å². The van der Waals surface area contributed by atoms with Crippen molar-refractivity contribution in [3.8, 4) is 28.3 Å². The van der Waals surface area contributed by atoms with Gasteiger partial charge in [0.25, 0.3) is 0 Å². The Kier molecular flexibility index (Phi) is 6.52. The van der Waals surface area contributed by atoms with Gasteiger partial charge in [0.1, 0.15) is 23.6 Å². The van der Waals surface area contributed by atoms with Crippen LogP contribution in [0, 0.1) is 0 Å². The zero-order chi connectivity index (χ0) is 26.8. The minimum absolute atomic E-state index is 0.324. The first-order valence-electron chi connectivity index (χ1n) is 12.5. The van der Waals surface area contributed by atoms with E-state index >= 15 is 0 Å². The molecule has 5 aromatic heterocycles. The van der Waals surface area contributed by atoms with Crippen LogP contribution in [0.2, 0.25) is 0 Å². The van der Waals surface area contributed by atoms with Crippen molar-refractivity contribution in [1.29, 1.82) is 0 Å². The van der Waals surface area contributed by atoms with E-state index in [9.17, 15) is 0 Å². The highest BCUT2D eigenvalue weighted by Gasteiger charge is 2.26. The fraction of sp³-hybridized carbons (Fsp3) is 0.172. The van der Waals surface area contributed by atoms with Crippen LogP contribution in [-0.4, -0.2) is 69.0 Å². The maximum Gasteiger partial charge on any atom is 0.138 e. The number of ether oxygens (including phenoxy) is 1. The lowest BCUT2D eigenvalue weighted by Gasteiger charge is -2.25. The average molecular weight is 518 g/mol. The number of likely N-dealkylation sites (N-methyl/N-ethyl adjacent to an activating group) is 1. The lowest BCUT2D eigenvalue weighted by molar-refractivity contribution is 0.261. The highest BCUT2D eigenvalue weighted by molar-refractivity contribution is 5.94. The number of aromatic amines is 1. The summed E-state index contributed by atoms with van der Waals surface area (Å²) in [6, 6.07) is 11.4. The van der Waals surface area contributed by atoms with Gasteiger partial charge in [0.05, 0.1) is 34.8 Å². The van der Waals surface area contributed by atoms with Crippen molar-refractivity contribution >= 4 is 29.1 Å². The molecule has 0 amide bonds. The molecule has 0 aliphatic carbocycles. The van der Waals surface area contributed by atoms with Gasteiger partial charge in [-0.05, 0) is 63.3 Å². The van der Waals surface area contributed by atoms with E-state index in [0.29, 0.717) is 18.1 Å². The summed E-state index contributed by atoms with van der Waals surface area (Å²) in [5, 5.41) is 11.2. The summed E-state index contributed by atoms with van der Waals surface area (Å²) in [4.78, 5) is 24.7. The first kappa shape index (κ1) is 24.4. The van der Waals surface area contributed by atoms with Crippen LogP contribution in [0.3, 0.4) is 0 Å². The summed E-state index contributed by atoms with van der Waals surface area (Å²) < 4.78 is 5.87. The molecule has 5 aromatic rings. The number of nitrogens with zero attached hydrogens (tertiary/aromatic N) is 7. The second kappa shape index (κ2) is 10.4. The Balaban J connectivity index is 1.35. The summed E-state index contributed by atoms with van der Waals surface area (Å²) in [5.74, 6) is 0.704. The summed E-state index contributed by atoms with van der Waals surface area (Å²) in [5.41, 5.74) is 8.23. The zero-order valence-electron chi connectivity index (χ0n) is 21.7. The highest BCUT2D eigenvalue weighted by atomic mass is 16.5. The van der Waals surface area contributed by atoms with Crippen molar-refractivity contribution in [2.75, 3.05) is 32.6 Å². The normalized spacial score (nSPS) is 14.5. The first-order valence-corrected chi connectivity index (χ1v) is 12.5. The Morgan fingerprint density at radius 3 is 2.74 bits per heavy atom. The number of rotatable bonds is 8. The monoisotopic (exact) mass is 517 g/mol. The lowest BCUT2D eigenvalue weighted by Crippen LogP contribution is -2.19.